The molecule has 1 heterocycles. The molecule has 0 saturated carbocycles. The van der Waals surface area contributed by atoms with Crippen LogP contribution in [0.5, 0.6) is 0 Å². The molecule has 0 unspecified atom stereocenters. The molecule has 1 saturated heterocycles. The molecule has 1 aliphatic rings. The van der Waals surface area contributed by atoms with Crippen LogP contribution in [0.2, 0.25) is 0 Å². The van der Waals surface area contributed by atoms with Crippen LogP contribution in [-0.2, 0) is 9.59 Å². The SMILES string of the molecule is CC(=O)N1CCSCCN(C(C)=O)CC1. The molecule has 4 nitrogen and oxygen atoms in total. The highest BCUT2D eigenvalue weighted by molar-refractivity contribution is 7.99. The van der Waals surface area contributed by atoms with Gasteiger partial charge in [0.15, 0.2) is 0 Å². The molecule has 1 fully saturated rings. The largest absolute Gasteiger partial charge is 0.340 e. The molecular formula is C10H18N2O2S. The summed E-state index contributed by atoms with van der Waals surface area (Å²) in [6, 6.07) is 0. The monoisotopic (exact) mass is 230 g/mol. The molecular weight excluding hydrogens is 212 g/mol. The van der Waals surface area contributed by atoms with Crippen molar-refractivity contribution < 1.29 is 9.59 Å². The lowest BCUT2D eigenvalue weighted by Crippen LogP contribution is -2.40. The summed E-state index contributed by atoms with van der Waals surface area (Å²) in [6.07, 6.45) is 0. The molecule has 0 aromatic heterocycles. The van der Waals surface area contributed by atoms with Gasteiger partial charge in [-0.1, -0.05) is 0 Å². The first-order valence-electron chi connectivity index (χ1n) is 5.20. The summed E-state index contributed by atoms with van der Waals surface area (Å²) in [7, 11) is 0. The van der Waals surface area contributed by atoms with Gasteiger partial charge in [-0.15, -0.1) is 0 Å². The summed E-state index contributed by atoms with van der Waals surface area (Å²) in [6.45, 7) is 6.09. The Bertz CT molecular complexity index is 222. The molecule has 0 spiro atoms. The fourth-order valence-electron chi connectivity index (χ4n) is 1.55. The third kappa shape index (κ3) is 4.11. The van der Waals surface area contributed by atoms with E-state index in [4.69, 9.17) is 0 Å². The first-order chi connectivity index (χ1) is 7.11. The van der Waals surface area contributed by atoms with Crippen molar-refractivity contribution >= 4 is 23.6 Å². The van der Waals surface area contributed by atoms with Crippen LogP contribution in [0.15, 0.2) is 0 Å². The Hall–Kier alpha value is -0.710. The fraction of sp³-hybridized carbons (Fsp3) is 0.800. The second-order valence-electron chi connectivity index (χ2n) is 3.62. The lowest BCUT2D eigenvalue weighted by atomic mass is 10.4. The summed E-state index contributed by atoms with van der Waals surface area (Å²) >= 11 is 1.80. The molecule has 0 bridgehead atoms. The molecule has 0 atom stereocenters. The Labute approximate surface area is 95.0 Å². The number of nitrogens with zero attached hydrogens (tertiary/aromatic N) is 2. The van der Waals surface area contributed by atoms with Gasteiger partial charge >= 0.3 is 0 Å². The quantitative estimate of drug-likeness (QED) is 0.606. The molecule has 0 aromatic rings. The first kappa shape index (κ1) is 12.4. The van der Waals surface area contributed by atoms with Crippen LogP contribution in [0.25, 0.3) is 0 Å². The standard InChI is InChI=1S/C10H18N2O2S/c1-9(13)11-3-4-12(10(2)14)6-8-15-7-5-11/h3-8H2,1-2H3. The Balaban J connectivity index is 2.54. The maximum absolute atomic E-state index is 11.3. The highest BCUT2D eigenvalue weighted by Gasteiger charge is 2.15. The van der Waals surface area contributed by atoms with Gasteiger partial charge in [0.25, 0.3) is 0 Å². The number of thioether (sulfide) groups is 1. The smallest absolute Gasteiger partial charge is 0.219 e. The number of amides is 2. The van der Waals surface area contributed by atoms with Gasteiger partial charge in [0, 0.05) is 51.5 Å². The van der Waals surface area contributed by atoms with Crippen molar-refractivity contribution in [1.29, 1.82) is 0 Å². The van der Waals surface area contributed by atoms with Gasteiger partial charge in [0.2, 0.25) is 11.8 Å². The van der Waals surface area contributed by atoms with Crippen molar-refractivity contribution in [1.82, 2.24) is 9.80 Å². The number of hydrogen-bond donors (Lipinski definition) is 0. The number of carbonyl (C=O) groups excluding carboxylic acids is 2. The van der Waals surface area contributed by atoms with Crippen molar-refractivity contribution in [3.05, 3.63) is 0 Å². The van der Waals surface area contributed by atoms with Gasteiger partial charge in [-0.2, -0.15) is 11.8 Å². The van der Waals surface area contributed by atoms with E-state index in [1.807, 2.05) is 9.80 Å². The minimum atomic E-state index is 0.0982. The van der Waals surface area contributed by atoms with E-state index in [2.05, 4.69) is 0 Å². The maximum Gasteiger partial charge on any atom is 0.219 e. The average molecular weight is 230 g/mol. The van der Waals surface area contributed by atoms with Gasteiger partial charge < -0.3 is 9.80 Å². The molecule has 1 aliphatic heterocycles. The van der Waals surface area contributed by atoms with E-state index in [0.717, 1.165) is 24.6 Å². The number of rotatable bonds is 0. The molecule has 0 N–H and O–H groups in total. The van der Waals surface area contributed by atoms with Crippen molar-refractivity contribution in [3.63, 3.8) is 0 Å². The van der Waals surface area contributed by atoms with Crippen LogP contribution in [0.3, 0.4) is 0 Å². The highest BCUT2D eigenvalue weighted by Crippen LogP contribution is 2.06. The van der Waals surface area contributed by atoms with E-state index in [-0.39, 0.29) is 11.8 Å². The molecule has 86 valence electrons. The maximum atomic E-state index is 11.3. The minimum Gasteiger partial charge on any atom is -0.340 e. The third-order valence-electron chi connectivity index (χ3n) is 2.54. The summed E-state index contributed by atoms with van der Waals surface area (Å²) in [5, 5.41) is 0. The molecule has 1 rings (SSSR count). The van der Waals surface area contributed by atoms with Gasteiger partial charge in [-0.25, -0.2) is 0 Å². The lowest BCUT2D eigenvalue weighted by molar-refractivity contribution is -0.132. The van der Waals surface area contributed by atoms with E-state index in [9.17, 15) is 9.59 Å². The van der Waals surface area contributed by atoms with Crippen LogP contribution in [0.1, 0.15) is 13.8 Å². The van der Waals surface area contributed by atoms with Crippen molar-refractivity contribution in [3.8, 4) is 0 Å². The van der Waals surface area contributed by atoms with Gasteiger partial charge in [0.1, 0.15) is 0 Å². The van der Waals surface area contributed by atoms with E-state index in [1.54, 1.807) is 25.6 Å². The molecule has 2 amide bonds. The fourth-order valence-corrected chi connectivity index (χ4v) is 2.45. The molecule has 5 heteroatoms. The van der Waals surface area contributed by atoms with Crippen molar-refractivity contribution in [2.24, 2.45) is 0 Å². The Morgan fingerprint density at radius 2 is 1.27 bits per heavy atom. The van der Waals surface area contributed by atoms with Gasteiger partial charge in [0.05, 0.1) is 0 Å². The zero-order chi connectivity index (χ0) is 11.3. The second kappa shape index (κ2) is 6.00. The zero-order valence-electron chi connectivity index (χ0n) is 9.36. The first-order valence-corrected chi connectivity index (χ1v) is 6.35. The molecule has 0 aromatic carbocycles. The van der Waals surface area contributed by atoms with Crippen LogP contribution >= 0.6 is 11.8 Å². The second-order valence-corrected chi connectivity index (χ2v) is 4.85. The van der Waals surface area contributed by atoms with E-state index >= 15 is 0 Å². The van der Waals surface area contributed by atoms with Crippen LogP contribution < -0.4 is 0 Å². The number of carbonyl (C=O) groups is 2. The van der Waals surface area contributed by atoms with E-state index in [1.165, 1.54) is 0 Å². The van der Waals surface area contributed by atoms with E-state index < -0.39 is 0 Å². The summed E-state index contributed by atoms with van der Waals surface area (Å²) in [5.74, 6) is 2.12. The topological polar surface area (TPSA) is 40.6 Å². The third-order valence-corrected chi connectivity index (χ3v) is 3.48. The van der Waals surface area contributed by atoms with Gasteiger partial charge in [-0.3, -0.25) is 9.59 Å². The van der Waals surface area contributed by atoms with Crippen LogP contribution in [0.4, 0.5) is 0 Å². The predicted molar refractivity (Wildman–Crippen MR) is 61.8 cm³/mol. The number of hydrogen-bond acceptors (Lipinski definition) is 3. The lowest BCUT2D eigenvalue weighted by Gasteiger charge is -2.24. The average Bonchev–Trinajstić information content (AvgIpc) is 2.27. The van der Waals surface area contributed by atoms with E-state index in [0.29, 0.717) is 13.1 Å². The summed E-state index contributed by atoms with van der Waals surface area (Å²) in [4.78, 5) is 26.2. The normalized spacial score (nSPS) is 19.1. The van der Waals surface area contributed by atoms with Crippen LogP contribution in [0, 0.1) is 0 Å². The Morgan fingerprint density at radius 3 is 1.60 bits per heavy atom. The molecule has 0 radical (unpaired) electrons. The van der Waals surface area contributed by atoms with Crippen molar-refractivity contribution in [2.45, 2.75) is 13.8 Å². The Kier molecular flexibility index (Phi) is 4.94. The Morgan fingerprint density at radius 1 is 0.867 bits per heavy atom. The summed E-state index contributed by atoms with van der Waals surface area (Å²) < 4.78 is 0. The summed E-state index contributed by atoms with van der Waals surface area (Å²) in [5.41, 5.74) is 0. The zero-order valence-corrected chi connectivity index (χ0v) is 10.2. The van der Waals surface area contributed by atoms with Crippen molar-refractivity contribution in [2.75, 3.05) is 37.7 Å². The highest BCUT2D eigenvalue weighted by atomic mass is 32.2. The predicted octanol–water partition coefficient (Wildman–Crippen LogP) is 0.430. The van der Waals surface area contributed by atoms with Crippen LogP contribution in [-0.4, -0.2) is 59.3 Å². The minimum absolute atomic E-state index is 0.0982. The molecule has 0 aliphatic carbocycles. The van der Waals surface area contributed by atoms with Gasteiger partial charge in [-0.05, 0) is 0 Å². The molecule has 15 heavy (non-hydrogen) atoms.